The SMILES string of the molecule is C[C@H]1CC[C@@](C)(CNS(=O)(=O)c2cnnn2C)C1(C)C. The molecule has 0 aromatic carbocycles. The largest absolute Gasteiger partial charge is 0.259 e. The summed E-state index contributed by atoms with van der Waals surface area (Å²) in [5.41, 5.74) is 0.0751. The zero-order valence-corrected chi connectivity index (χ0v) is 13.7. The Morgan fingerprint density at radius 3 is 2.55 bits per heavy atom. The molecule has 1 N–H and O–H groups in total. The van der Waals surface area contributed by atoms with Crippen molar-refractivity contribution in [2.24, 2.45) is 23.8 Å². The zero-order chi connectivity index (χ0) is 15.2. The number of rotatable bonds is 4. The minimum absolute atomic E-state index is 0.0362. The number of hydrogen-bond donors (Lipinski definition) is 1. The Morgan fingerprint density at radius 1 is 1.45 bits per heavy atom. The van der Waals surface area contributed by atoms with Crippen molar-refractivity contribution in [3.63, 3.8) is 0 Å². The van der Waals surface area contributed by atoms with E-state index in [2.05, 4.69) is 42.7 Å². The second-order valence-electron chi connectivity index (χ2n) is 6.74. The van der Waals surface area contributed by atoms with Crippen LogP contribution in [0.5, 0.6) is 0 Å². The highest BCUT2D eigenvalue weighted by Gasteiger charge is 2.49. The molecule has 6 nitrogen and oxygen atoms in total. The zero-order valence-electron chi connectivity index (χ0n) is 12.8. The topological polar surface area (TPSA) is 76.9 Å². The van der Waals surface area contributed by atoms with Crippen LogP contribution in [0.15, 0.2) is 11.2 Å². The molecule has 1 saturated carbocycles. The molecule has 20 heavy (non-hydrogen) atoms. The molecular weight excluding hydrogens is 276 g/mol. The Balaban J connectivity index is 2.15. The van der Waals surface area contributed by atoms with E-state index < -0.39 is 10.0 Å². The second kappa shape index (κ2) is 4.80. The number of aromatic nitrogens is 3. The van der Waals surface area contributed by atoms with Gasteiger partial charge in [-0.25, -0.2) is 17.8 Å². The quantitative estimate of drug-likeness (QED) is 0.915. The van der Waals surface area contributed by atoms with Crippen LogP contribution in [0.3, 0.4) is 0 Å². The number of sulfonamides is 1. The van der Waals surface area contributed by atoms with Crippen molar-refractivity contribution in [1.29, 1.82) is 0 Å². The van der Waals surface area contributed by atoms with Gasteiger partial charge >= 0.3 is 0 Å². The molecule has 0 aliphatic heterocycles. The van der Waals surface area contributed by atoms with Gasteiger partial charge in [0.15, 0.2) is 5.03 Å². The first-order chi connectivity index (χ1) is 9.10. The summed E-state index contributed by atoms with van der Waals surface area (Å²) in [5, 5.41) is 7.39. The molecule has 7 heteroatoms. The number of hydrogen-bond acceptors (Lipinski definition) is 4. The van der Waals surface area contributed by atoms with Crippen LogP contribution in [0.2, 0.25) is 0 Å². The maximum Gasteiger partial charge on any atom is 0.259 e. The summed E-state index contributed by atoms with van der Waals surface area (Å²) in [6.45, 7) is 9.30. The van der Waals surface area contributed by atoms with Gasteiger partial charge in [0.1, 0.15) is 0 Å². The Bertz CT molecular complexity index is 593. The molecule has 1 aliphatic rings. The molecule has 0 bridgehead atoms. The van der Waals surface area contributed by atoms with Crippen LogP contribution in [-0.2, 0) is 17.1 Å². The Labute approximate surface area is 121 Å². The minimum Gasteiger partial charge on any atom is -0.236 e. The van der Waals surface area contributed by atoms with E-state index >= 15 is 0 Å². The van der Waals surface area contributed by atoms with Gasteiger partial charge in [-0.05, 0) is 29.6 Å². The van der Waals surface area contributed by atoms with Gasteiger partial charge in [0.05, 0.1) is 6.20 Å². The molecule has 1 aromatic rings. The molecule has 0 radical (unpaired) electrons. The van der Waals surface area contributed by atoms with E-state index in [0.717, 1.165) is 12.8 Å². The molecule has 0 saturated heterocycles. The fourth-order valence-corrected chi connectivity index (χ4v) is 4.21. The summed E-state index contributed by atoms with van der Waals surface area (Å²) < 4.78 is 28.6. The lowest BCUT2D eigenvalue weighted by atomic mass is 9.66. The summed E-state index contributed by atoms with van der Waals surface area (Å²) in [6.07, 6.45) is 3.44. The molecule has 0 unspecified atom stereocenters. The van der Waals surface area contributed by atoms with Crippen molar-refractivity contribution in [2.45, 2.75) is 45.6 Å². The van der Waals surface area contributed by atoms with Crippen molar-refractivity contribution in [1.82, 2.24) is 19.7 Å². The standard InChI is InChI=1S/C13H24N4O2S/c1-10-6-7-13(4,12(10,2)3)9-15-20(18,19)11-8-14-16-17(11)5/h8,10,15H,6-7,9H2,1-5H3/t10-,13-/m0/s1. The van der Waals surface area contributed by atoms with E-state index in [-0.39, 0.29) is 15.9 Å². The summed E-state index contributed by atoms with van der Waals surface area (Å²) in [5.74, 6) is 0.593. The molecule has 2 atom stereocenters. The highest BCUT2D eigenvalue weighted by molar-refractivity contribution is 7.89. The van der Waals surface area contributed by atoms with Gasteiger partial charge in [0, 0.05) is 13.6 Å². The van der Waals surface area contributed by atoms with Gasteiger partial charge in [-0.15, -0.1) is 5.10 Å². The normalized spacial score (nSPS) is 29.8. The molecule has 0 amide bonds. The predicted octanol–water partition coefficient (Wildman–Crippen LogP) is 1.56. The summed E-state index contributed by atoms with van der Waals surface area (Å²) >= 11 is 0. The van der Waals surface area contributed by atoms with E-state index in [1.165, 1.54) is 10.9 Å². The molecular formula is C13H24N4O2S. The second-order valence-corrected chi connectivity index (χ2v) is 8.46. The Hall–Kier alpha value is -0.950. The van der Waals surface area contributed by atoms with Crippen LogP contribution in [0.4, 0.5) is 0 Å². The predicted molar refractivity (Wildman–Crippen MR) is 76.5 cm³/mol. The molecule has 1 aliphatic carbocycles. The number of nitrogens with one attached hydrogen (secondary N) is 1. The first-order valence-corrected chi connectivity index (χ1v) is 8.43. The Kier molecular flexibility index (Phi) is 3.71. The number of nitrogens with zero attached hydrogens (tertiary/aromatic N) is 3. The fourth-order valence-electron chi connectivity index (χ4n) is 2.98. The highest BCUT2D eigenvalue weighted by Crippen LogP contribution is 2.55. The molecule has 1 fully saturated rings. The van der Waals surface area contributed by atoms with Gasteiger partial charge in [-0.1, -0.05) is 32.9 Å². The summed E-state index contributed by atoms with van der Waals surface area (Å²) in [7, 11) is -1.98. The third kappa shape index (κ3) is 2.37. The fraction of sp³-hybridized carbons (Fsp3) is 0.846. The lowest BCUT2D eigenvalue weighted by Gasteiger charge is -2.41. The molecule has 2 rings (SSSR count). The van der Waals surface area contributed by atoms with Crippen molar-refractivity contribution in [3.05, 3.63) is 6.20 Å². The monoisotopic (exact) mass is 300 g/mol. The van der Waals surface area contributed by atoms with Crippen LogP contribution in [-0.4, -0.2) is 30.0 Å². The van der Waals surface area contributed by atoms with Crippen LogP contribution in [0.1, 0.15) is 40.5 Å². The average Bonchev–Trinajstić information content (AvgIpc) is 2.87. The van der Waals surface area contributed by atoms with Crippen molar-refractivity contribution in [3.8, 4) is 0 Å². The smallest absolute Gasteiger partial charge is 0.236 e. The van der Waals surface area contributed by atoms with Crippen LogP contribution < -0.4 is 4.72 Å². The average molecular weight is 300 g/mol. The lowest BCUT2D eigenvalue weighted by molar-refractivity contribution is 0.100. The van der Waals surface area contributed by atoms with E-state index in [4.69, 9.17) is 0 Å². The molecule has 114 valence electrons. The lowest BCUT2D eigenvalue weighted by Crippen LogP contribution is -2.43. The van der Waals surface area contributed by atoms with E-state index in [9.17, 15) is 8.42 Å². The number of aryl methyl sites for hydroxylation is 1. The van der Waals surface area contributed by atoms with Gasteiger partial charge < -0.3 is 0 Å². The summed E-state index contributed by atoms with van der Waals surface area (Å²) in [4.78, 5) is 0. The molecule has 1 aromatic heterocycles. The van der Waals surface area contributed by atoms with E-state index in [1.807, 2.05) is 0 Å². The molecule has 0 spiro atoms. The summed E-state index contributed by atoms with van der Waals surface area (Å²) in [6, 6.07) is 0. The highest BCUT2D eigenvalue weighted by atomic mass is 32.2. The van der Waals surface area contributed by atoms with Crippen LogP contribution >= 0.6 is 0 Å². The first-order valence-electron chi connectivity index (χ1n) is 6.94. The van der Waals surface area contributed by atoms with Crippen molar-refractivity contribution >= 4 is 10.0 Å². The third-order valence-electron chi connectivity index (χ3n) is 5.52. The van der Waals surface area contributed by atoms with Crippen LogP contribution in [0, 0.1) is 16.7 Å². The van der Waals surface area contributed by atoms with Gasteiger partial charge in [-0.3, -0.25) is 0 Å². The molecule has 1 heterocycles. The first kappa shape index (κ1) is 15.4. The maximum atomic E-state index is 12.3. The van der Waals surface area contributed by atoms with Crippen molar-refractivity contribution in [2.75, 3.05) is 6.54 Å². The van der Waals surface area contributed by atoms with Crippen LogP contribution in [0.25, 0.3) is 0 Å². The van der Waals surface area contributed by atoms with Gasteiger partial charge in [0.2, 0.25) is 0 Å². The van der Waals surface area contributed by atoms with Gasteiger partial charge in [-0.2, -0.15) is 0 Å². The minimum atomic E-state index is -3.55. The third-order valence-corrected chi connectivity index (χ3v) is 6.96. The maximum absolute atomic E-state index is 12.3. The van der Waals surface area contributed by atoms with Crippen molar-refractivity contribution < 1.29 is 8.42 Å². The Morgan fingerprint density at radius 2 is 2.10 bits per heavy atom. The van der Waals surface area contributed by atoms with E-state index in [0.29, 0.717) is 12.5 Å². The van der Waals surface area contributed by atoms with Gasteiger partial charge in [0.25, 0.3) is 10.0 Å². The van der Waals surface area contributed by atoms with E-state index in [1.54, 1.807) is 7.05 Å².